The molecule has 2 aromatic rings. The van der Waals surface area contributed by atoms with Crippen molar-refractivity contribution in [1.82, 2.24) is 20.0 Å². The van der Waals surface area contributed by atoms with Gasteiger partial charge in [0, 0.05) is 7.05 Å². The monoisotopic (exact) mass is 442 g/mol. The molecule has 2 saturated carbocycles. The number of carboxylic acid groups (broad SMARTS) is 1. The molecule has 9 nitrogen and oxygen atoms in total. The van der Waals surface area contributed by atoms with Gasteiger partial charge in [-0.1, -0.05) is 12.1 Å². The third-order valence-electron chi connectivity index (χ3n) is 6.21. The lowest BCUT2D eigenvalue weighted by Crippen LogP contribution is -2.29. The molecule has 2 aromatic heterocycles. The molecular formula is C23H30N4O5. The number of aliphatic carboxylic acids is 1. The highest BCUT2D eigenvalue weighted by Gasteiger charge is 2.29. The van der Waals surface area contributed by atoms with Gasteiger partial charge in [0.05, 0.1) is 42.1 Å². The lowest BCUT2D eigenvalue weighted by molar-refractivity contribution is -0.144. The standard InChI is InChI=1S/C23H30N4O5/c1-3-17-20(32-16-6-4-5-15(11-16)23(29)30)10-9-18(24-17)22-19(27(2)26-25-22)12-21(28)31-13-14-7-8-14/h9-10,14-16H,3-8,11-13H2,1-2H3,(H,29,30)/t15-,16-/m0/s1. The molecule has 172 valence electrons. The molecule has 4 rings (SSSR count). The molecule has 2 fully saturated rings. The van der Waals surface area contributed by atoms with Gasteiger partial charge in [-0.2, -0.15) is 0 Å². The van der Waals surface area contributed by atoms with E-state index in [9.17, 15) is 14.7 Å². The van der Waals surface area contributed by atoms with Crippen molar-refractivity contribution in [2.45, 2.75) is 64.4 Å². The number of pyridine rings is 1. The number of rotatable bonds is 9. The summed E-state index contributed by atoms with van der Waals surface area (Å²) in [5, 5.41) is 17.6. The number of carbonyl (C=O) groups is 2. The van der Waals surface area contributed by atoms with Crippen LogP contribution >= 0.6 is 0 Å². The number of hydrogen-bond acceptors (Lipinski definition) is 7. The van der Waals surface area contributed by atoms with Gasteiger partial charge in [-0.3, -0.25) is 14.3 Å². The lowest BCUT2D eigenvalue weighted by Gasteiger charge is -2.28. The molecule has 0 bridgehead atoms. The van der Waals surface area contributed by atoms with Crippen LogP contribution in [0.15, 0.2) is 12.1 Å². The van der Waals surface area contributed by atoms with Crippen LogP contribution in [0.2, 0.25) is 0 Å². The van der Waals surface area contributed by atoms with E-state index in [0.717, 1.165) is 31.4 Å². The highest BCUT2D eigenvalue weighted by atomic mass is 16.5. The summed E-state index contributed by atoms with van der Waals surface area (Å²) in [6.07, 6.45) is 5.76. The van der Waals surface area contributed by atoms with Crippen LogP contribution in [0.3, 0.4) is 0 Å². The van der Waals surface area contributed by atoms with Gasteiger partial charge in [-0.25, -0.2) is 4.98 Å². The van der Waals surface area contributed by atoms with Crippen molar-refractivity contribution in [2.75, 3.05) is 6.61 Å². The van der Waals surface area contributed by atoms with E-state index in [1.807, 2.05) is 19.1 Å². The summed E-state index contributed by atoms with van der Waals surface area (Å²) in [5.41, 5.74) is 2.61. The number of nitrogens with zero attached hydrogens (tertiary/aromatic N) is 4. The van der Waals surface area contributed by atoms with Crippen LogP contribution < -0.4 is 4.74 Å². The minimum Gasteiger partial charge on any atom is -0.488 e. The Morgan fingerprint density at radius 3 is 2.75 bits per heavy atom. The number of aromatic nitrogens is 4. The Hall–Kier alpha value is -2.97. The molecule has 9 heteroatoms. The van der Waals surface area contributed by atoms with Crippen molar-refractivity contribution in [3.8, 4) is 17.1 Å². The van der Waals surface area contributed by atoms with Crippen molar-refractivity contribution in [1.29, 1.82) is 0 Å². The maximum atomic E-state index is 12.3. The Balaban J connectivity index is 1.49. The molecule has 2 aliphatic rings. The average Bonchev–Trinajstić information content (AvgIpc) is 3.56. The number of carbonyl (C=O) groups excluding carboxylic acids is 1. The van der Waals surface area contributed by atoms with E-state index < -0.39 is 5.97 Å². The molecule has 0 aromatic carbocycles. The predicted molar refractivity (Wildman–Crippen MR) is 115 cm³/mol. The van der Waals surface area contributed by atoms with E-state index in [0.29, 0.717) is 54.6 Å². The number of hydrogen-bond donors (Lipinski definition) is 1. The number of carboxylic acids is 1. The van der Waals surface area contributed by atoms with E-state index in [1.54, 1.807) is 11.7 Å². The second kappa shape index (κ2) is 9.67. The minimum absolute atomic E-state index is 0.0889. The Bertz CT molecular complexity index is 985. The normalized spacial score (nSPS) is 20.7. The Kier molecular flexibility index (Phi) is 6.72. The third-order valence-corrected chi connectivity index (χ3v) is 6.21. The van der Waals surface area contributed by atoms with Gasteiger partial charge in [0.15, 0.2) is 0 Å². The van der Waals surface area contributed by atoms with Gasteiger partial charge in [-0.15, -0.1) is 5.10 Å². The molecule has 0 aliphatic heterocycles. The van der Waals surface area contributed by atoms with Crippen LogP contribution in [-0.4, -0.2) is 49.7 Å². The van der Waals surface area contributed by atoms with Crippen LogP contribution in [0.4, 0.5) is 0 Å². The van der Waals surface area contributed by atoms with Crippen molar-refractivity contribution in [2.24, 2.45) is 18.9 Å². The van der Waals surface area contributed by atoms with Crippen molar-refractivity contribution in [3.05, 3.63) is 23.5 Å². The second-order valence-electron chi connectivity index (χ2n) is 8.75. The summed E-state index contributed by atoms with van der Waals surface area (Å²) in [4.78, 5) is 28.4. The van der Waals surface area contributed by atoms with E-state index in [2.05, 4.69) is 10.3 Å². The molecule has 0 unspecified atom stereocenters. The largest absolute Gasteiger partial charge is 0.488 e. The summed E-state index contributed by atoms with van der Waals surface area (Å²) in [5.74, 6) is -0.216. The summed E-state index contributed by atoms with van der Waals surface area (Å²) in [7, 11) is 1.75. The third kappa shape index (κ3) is 5.26. The summed E-state index contributed by atoms with van der Waals surface area (Å²) in [6.45, 7) is 2.47. The van der Waals surface area contributed by atoms with Crippen molar-refractivity contribution >= 4 is 11.9 Å². The van der Waals surface area contributed by atoms with Gasteiger partial charge in [0.1, 0.15) is 11.4 Å². The molecule has 0 amide bonds. The Labute approximate surface area is 187 Å². The van der Waals surface area contributed by atoms with E-state index >= 15 is 0 Å². The Morgan fingerprint density at radius 1 is 1.22 bits per heavy atom. The average molecular weight is 443 g/mol. The summed E-state index contributed by atoms with van der Waals surface area (Å²) in [6, 6.07) is 3.67. The number of ether oxygens (including phenoxy) is 2. The predicted octanol–water partition coefficient (Wildman–Crippen LogP) is 2.96. The van der Waals surface area contributed by atoms with Crippen LogP contribution in [0, 0.1) is 11.8 Å². The fraction of sp³-hybridized carbons (Fsp3) is 0.609. The van der Waals surface area contributed by atoms with Crippen molar-refractivity contribution in [3.63, 3.8) is 0 Å². The van der Waals surface area contributed by atoms with Gasteiger partial charge in [0.25, 0.3) is 0 Å². The van der Waals surface area contributed by atoms with E-state index in [1.165, 1.54) is 0 Å². The zero-order valence-corrected chi connectivity index (χ0v) is 18.6. The quantitative estimate of drug-likeness (QED) is 0.589. The van der Waals surface area contributed by atoms with Crippen LogP contribution in [-0.2, 0) is 34.2 Å². The van der Waals surface area contributed by atoms with Gasteiger partial charge < -0.3 is 14.6 Å². The maximum Gasteiger partial charge on any atom is 0.311 e. The van der Waals surface area contributed by atoms with Crippen LogP contribution in [0.1, 0.15) is 56.8 Å². The maximum absolute atomic E-state index is 12.3. The van der Waals surface area contributed by atoms with Crippen molar-refractivity contribution < 1.29 is 24.2 Å². The minimum atomic E-state index is -0.756. The SMILES string of the molecule is CCc1nc(-c2nnn(C)c2CC(=O)OCC2CC2)ccc1O[C@H]1CCC[C@H](C(=O)O)C1. The number of aryl methyl sites for hydroxylation is 2. The number of esters is 1. The first-order valence-corrected chi connectivity index (χ1v) is 11.4. The fourth-order valence-corrected chi connectivity index (χ4v) is 4.09. The van der Waals surface area contributed by atoms with Gasteiger partial charge >= 0.3 is 11.9 Å². The summed E-state index contributed by atoms with van der Waals surface area (Å²) < 4.78 is 13.1. The molecule has 0 saturated heterocycles. The molecule has 32 heavy (non-hydrogen) atoms. The molecule has 2 atom stereocenters. The smallest absolute Gasteiger partial charge is 0.311 e. The molecule has 0 radical (unpaired) electrons. The van der Waals surface area contributed by atoms with E-state index in [4.69, 9.17) is 14.5 Å². The first-order chi connectivity index (χ1) is 15.4. The van der Waals surface area contributed by atoms with E-state index in [-0.39, 0.29) is 24.4 Å². The molecular weight excluding hydrogens is 412 g/mol. The summed E-state index contributed by atoms with van der Waals surface area (Å²) >= 11 is 0. The van der Waals surface area contributed by atoms with Gasteiger partial charge in [0.2, 0.25) is 0 Å². The second-order valence-corrected chi connectivity index (χ2v) is 8.75. The highest BCUT2D eigenvalue weighted by molar-refractivity contribution is 5.75. The fourth-order valence-electron chi connectivity index (χ4n) is 4.09. The molecule has 2 heterocycles. The first kappa shape index (κ1) is 22.2. The molecule has 0 spiro atoms. The molecule has 2 aliphatic carbocycles. The zero-order valence-electron chi connectivity index (χ0n) is 18.6. The highest BCUT2D eigenvalue weighted by Crippen LogP contribution is 2.31. The van der Waals surface area contributed by atoms with Crippen LogP contribution in [0.5, 0.6) is 5.75 Å². The topological polar surface area (TPSA) is 116 Å². The lowest BCUT2D eigenvalue weighted by atomic mass is 9.87. The molecule has 1 N–H and O–H groups in total. The Morgan fingerprint density at radius 2 is 2.03 bits per heavy atom. The zero-order chi connectivity index (χ0) is 22.7. The van der Waals surface area contributed by atoms with Gasteiger partial charge in [-0.05, 0) is 63.0 Å². The van der Waals surface area contributed by atoms with Crippen LogP contribution in [0.25, 0.3) is 11.4 Å². The first-order valence-electron chi connectivity index (χ1n) is 11.4.